The van der Waals surface area contributed by atoms with E-state index in [1.54, 1.807) is 11.3 Å². The molecule has 3 heterocycles. The van der Waals surface area contributed by atoms with Crippen molar-refractivity contribution in [2.45, 2.75) is 26.0 Å². The van der Waals surface area contributed by atoms with Crippen LogP contribution in [0.5, 0.6) is 0 Å². The third-order valence-electron chi connectivity index (χ3n) is 4.02. The molecule has 2 aromatic heterocycles. The summed E-state index contributed by atoms with van der Waals surface area (Å²) in [6.45, 7) is 3.29. The Kier molecular flexibility index (Phi) is 3.63. The van der Waals surface area contributed by atoms with Gasteiger partial charge in [0.25, 0.3) is 5.91 Å². The highest BCUT2D eigenvalue weighted by molar-refractivity contribution is 7.14. The number of thiophene rings is 1. The molecule has 23 heavy (non-hydrogen) atoms. The molecular weight excluding hydrogens is 310 g/mol. The minimum Gasteiger partial charge on any atom is -0.376 e. The number of carbonyl (C=O) groups is 1. The Bertz CT molecular complexity index is 811. The Labute approximate surface area is 137 Å². The molecule has 1 amide bonds. The molecule has 0 saturated carbocycles. The topological polar surface area (TPSA) is 67.0 Å². The molecule has 1 aliphatic rings. The predicted molar refractivity (Wildman–Crippen MR) is 89.7 cm³/mol. The van der Waals surface area contributed by atoms with Gasteiger partial charge in [0.2, 0.25) is 0 Å². The highest BCUT2D eigenvalue weighted by Gasteiger charge is 2.20. The molecule has 4 rings (SSSR count). The van der Waals surface area contributed by atoms with E-state index in [4.69, 9.17) is 4.74 Å². The second-order valence-corrected chi connectivity index (χ2v) is 6.83. The lowest BCUT2D eigenvalue weighted by molar-refractivity contribution is 0.0942. The summed E-state index contributed by atoms with van der Waals surface area (Å²) in [5.41, 5.74) is 3.03. The number of benzene rings is 1. The molecule has 118 valence electrons. The van der Waals surface area contributed by atoms with Crippen molar-refractivity contribution in [3.05, 3.63) is 51.5 Å². The van der Waals surface area contributed by atoms with Gasteiger partial charge in [-0.3, -0.25) is 4.79 Å². The predicted octanol–water partition coefficient (Wildman–Crippen LogP) is 3.19. The fraction of sp³-hybridized carbons (Fsp3) is 0.294. The van der Waals surface area contributed by atoms with Crippen LogP contribution in [0.15, 0.2) is 30.3 Å². The lowest BCUT2D eigenvalue weighted by Crippen LogP contribution is -2.26. The van der Waals surface area contributed by atoms with E-state index < -0.39 is 0 Å². The van der Waals surface area contributed by atoms with Crippen molar-refractivity contribution >= 4 is 28.3 Å². The van der Waals surface area contributed by atoms with Gasteiger partial charge in [0.05, 0.1) is 35.2 Å². The van der Waals surface area contributed by atoms with Crippen molar-refractivity contribution in [2.24, 2.45) is 0 Å². The molecule has 1 unspecified atom stereocenters. The summed E-state index contributed by atoms with van der Waals surface area (Å²) < 4.78 is 5.43. The molecule has 0 aliphatic carbocycles. The summed E-state index contributed by atoms with van der Waals surface area (Å²) in [6, 6.07) is 9.62. The number of carbonyl (C=O) groups excluding carboxylic acids is 1. The van der Waals surface area contributed by atoms with Crippen molar-refractivity contribution in [1.29, 1.82) is 0 Å². The van der Waals surface area contributed by atoms with Gasteiger partial charge >= 0.3 is 0 Å². The Morgan fingerprint density at radius 3 is 3.13 bits per heavy atom. The van der Waals surface area contributed by atoms with Crippen LogP contribution in [0.2, 0.25) is 0 Å². The molecule has 1 atom stereocenters. The standard InChI is InChI=1S/C17H17N3O2S/c1-10(16-19-12-4-2-3-5-13(12)20-16)18-17(21)15-8-11-9-22-7-6-14(11)23-15/h2-5,8,10H,6-7,9H2,1H3,(H,18,21)(H,19,20). The number of rotatable bonds is 3. The quantitative estimate of drug-likeness (QED) is 0.776. The van der Waals surface area contributed by atoms with E-state index in [0.717, 1.165) is 40.3 Å². The fourth-order valence-electron chi connectivity index (χ4n) is 2.77. The average Bonchev–Trinajstić information content (AvgIpc) is 3.18. The van der Waals surface area contributed by atoms with Gasteiger partial charge in [-0.2, -0.15) is 0 Å². The first-order chi connectivity index (χ1) is 11.2. The van der Waals surface area contributed by atoms with Gasteiger partial charge < -0.3 is 15.0 Å². The molecule has 2 N–H and O–H groups in total. The zero-order valence-corrected chi connectivity index (χ0v) is 13.6. The van der Waals surface area contributed by atoms with Crippen LogP contribution in [0.1, 0.15) is 38.9 Å². The van der Waals surface area contributed by atoms with Crippen LogP contribution in [0.4, 0.5) is 0 Å². The number of H-pyrrole nitrogens is 1. The number of fused-ring (bicyclic) bond motifs is 2. The van der Waals surface area contributed by atoms with Gasteiger partial charge in [-0.25, -0.2) is 4.98 Å². The van der Waals surface area contributed by atoms with Crippen LogP contribution in [-0.2, 0) is 17.8 Å². The van der Waals surface area contributed by atoms with Crippen molar-refractivity contribution in [3.8, 4) is 0 Å². The lowest BCUT2D eigenvalue weighted by Gasteiger charge is -2.10. The van der Waals surface area contributed by atoms with Crippen molar-refractivity contribution < 1.29 is 9.53 Å². The molecule has 0 radical (unpaired) electrons. The van der Waals surface area contributed by atoms with Crippen LogP contribution >= 0.6 is 11.3 Å². The van der Waals surface area contributed by atoms with E-state index in [1.165, 1.54) is 4.88 Å². The van der Waals surface area contributed by atoms with E-state index in [0.29, 0.717) is 6.61 Å². The van der Waals surface area contributed by atoms with Gasteiger partial charge in [0.15, 0.2) is 0 Å². The maximum absolute atomic E-state index is 12.5. The SMILES string of the molecule is CC(NC(=O)c1cc2c(s1)CCOC2)c1nc2ccccc2[nH]1. The summed E-state index contributed by atoms with van der Waals surface area (Å²) in [7, 11) is 0. The van der Waals surface area contributed by atoms with Crippen LogP contribution in [0.25, 0.3) is 11.0 Å². The second-order valence-electron chi connectivity index (χ2n) is 5.70. The number of hydrogen-bond donors (Lipinski definition) is 2. The Morgan fingerprint density at radius 1 is 1.43 bits per heavy atom. The Morgan fingerprint density at radius 2 is 2.30 bits per heavy atom. The molecule has 0 spiro atoms. The highest BCUT2D eigenvalue weighted by atomic mass is 32.1. The maximum Gasteiger partial charge on any atom is 0.261 e. The van der Waals surface area contributed by atoms with Gasteiger partial charge in [-0.05, 0) is 30.7 Å². The summed E-state index contributed by atoms with van der Waals surface area (Å²) in [4.78, 5) is 22.3. The normalized spacial score (nSPS) is 15.3. The zero-order valence-electron chi connectivity index (χ0n) is 12.8. The summed E-state index contributed by atoms with van der Waals surface area (Å²) in [5.74, 6) is 0.710. The number of amides is 1. The third kappa shape index (κ3) is 2.75. The van der Waals surface area contributed by atoms with Gasteiger partial charge in [-0.15, -0.1) is 11.3 Å². The molecule has 3 aromatic rings. The smallest absolute Gasteiger partial charge is 0.261 e. The number of hydrogen-bond acceptors (Lipinski definition) is 4. The number of imidazole rings is 1. The first kappa shape index (κ1) is 14.4. The maximum atomic E-state index is 12.5. The van der Waals surface area contributed by atoms with E-state index >= 15 is 0 Å². The molecule has 0 saturated heterocycles. The van der Waals surface area contributed by atoms with E-state index in [2.05, 4.69) is 15.3 Å². The Balaban J connectivity index is 1.52. The molecule has 1 aliphatic heterocycles. The van der Waals surface area contributed by atoms with E-state index in [-0.39, 0.29) is 11.9 Å². The van der Waals surface area contributed by atoms with Crippen molar-refractivity contribution in [1.82, 2.24) is 15.3 Å². The average molecular weight is 327 g/mol. The molecule has 0 bridgehead atoms. The van der Waals surface area contributed by atoms with Crippen molar-refractivity contribution in [2.75, 3.05) is 6.61 Å². The number of aromatic nitrogens is 2. The van der Waals surface area contributed by atoms with Crippen LogP contribution in [0.3, 0.4) is 0 Å². The van der Waals surface area contributed by atoms with Gasteiger partial charge in [0.1, 0.15) is 5.82 Å². The van der Waals surface area contributed by atoms with Crippen molar-refractivity contribution in [3.63, 3.8) is 0 Å². The zero-order chi connectivity index (χ0) is 15.8. The molecular formula is C17H17N3O2S. The minimum absolute atomic E-state index is 0.0580. The number of ether oxygens (including phenoxy) is 1. The molecule has 5 nitrogen and oxygen atoms in total. The highest BCUT2D eigenvalue weighted by Crippen LogP contribution is 2.27. The molecule has 0 fully saturated rings. The molecule has 6 heteroatoms. The lowest BCUT2D eigenvalue weighted by atomic mass is 10.2. The van der Waals surface area contributed by atoms with Gasteiger partial charge in [-0.1, -0.05) is 12.1 Å². The minimum atomic E-state index is -0.176. The number of para-hydroxylation sites is 2. The second kappa shape index (κ2) is 5.79. The van der Waals surface area contributed by atoms with Crippen LogP contribution in [0, 0.1) is 0 Å². The summed E-state index contributed by atoms with van der Waals surface area (Å²) >= 11 is 1.56. The van der Waals surface area contributed by atoms with E-state index in [9.17, 15) is 4.79 Å². The number of nitrogens with one attached hydrogen (secondary N) is 2. The fourth-order valence-corrected chi connectivity index (χ4v) is 3.83. The summed E-state index contributed by atoms with van der Waals surface area (Å²) in [5, 5.41) is 3.02. The molecule has 1 aromatic carbocycles. The van der Waals surface area contributed by atoms with E-state index in [1.807, 2.05) is 37.3 Å². The third-order valence-corrected chi connectivity index (χ3v) is 5.25. The number of aromatic amines is 1. The summed E-state index contributed by atoms with van der Waals surface area (Å²) in [6.07, 6.45) is 0.895. The largest absolute Gasteiger partial charge is 0.376 e. The first-order valence-electron chi connectivity index (χ1n) is 7.65. The monoisotopic (exact) mass is 327 g/mol. The number of nitrogens with zero attached hydrogens (tertiary/aromatic N) is 1. The van der Waals surface area contributed by atoms with Crippen LogP contribution < -0.4 is 5.32 Å². The van der Waals surface area contributed by atoms with Crippen LogP contribution in [-0.4, -0.2) is 22.5 Å². The Hall–Kier alpha value is -2.18. The van der Waals surface area contributed by atoms with Gasteiger partial charge in [0, 0.05) is 11.3 Å². The first-order valence-corrected chi connectivity index (χ1v) is 8.47.